The number of halogens is 1. The Balaban J connectivity index is 1.33. The zero-order valence-electron chi connectivity index (χ0n) is 21.4. The van der Waals surface area contributed by atoms with Gasteiger partial charge in [-0.3, -0.25) is 14.3 Å². The number of carbonyl (C=O) groups excluding carboxylic acids is 1. The molecule has 40 heavy (non-hydrogen) atoms. The van der Waals surface area contributed by atoms with Crippen molar-refractivity contribution in [3.63, 3.8) is 0 Å². The summed E-state index contributed by atoms with van der Waals surface area (Å²) in [5, 5.41) is 22.0. The molecule has 0 unspecified atom stereocenters. The third-order valence-electron chi connectivity index (χ3n) is 5.94. The van der Waals surface area contributed by atoms with E-state index in [9.17, 15) is 4.79 Å². The first-order valence-corrected chi connectivity index (χ1v) is 14.7. The molecule has 0 aliphatic rings. The lowest BCUT2D eigenvalue weighted by Crippen LogP contribution is -2.31. The number of nitriles is 1. The molecule has 0 saturated heterocycles. The van der Waals surface area contributed by atoms with Crippen molar-refractivity contribution < 1.29 is 4.79 Å². The number of aromatic nitrogens is 5. The molecule has 3 aromatic heterocycles. The maximum Gasteiger partial charge on any atom is 0.273 e. The van der Waals surface area contributed by atoms with Crippen molar-refractivity contribution >= 4 is 40.6 Å². The Labute approximate surface area is 245 Å². The van der Waals surface area contributed by atoms with E-state index in [2.05, 4.69) is 38.4 Å². The summed E-state index contributed by atoms with van der Waals surface area (Å²) in [6, 6.07) is 23.6. The molecule has 1 amide bonds. The van der Waals surface area contributed by atoms with Crippen LogP contribution >= 0.6 is 34.7 Å². The van der Waals surface area contributed by atoms with Gasteiger partial charge in [-0.1, -0.05) is 65.8 Å². The van der Waals surface area contributed by atoms with Gasteiger partial charge in [-0.05, 0) is 35.4 Å². The monoisotopic (exact) mass is 585 g/mol. The lowest BCUT2D eigenvalue weighted by atomic mass is 10.1. The highest BCUT2D eigenvalue weighted by Gasteiger charge is 2.21. The molecule has 0 aliphatic heterocycles. The first-order chi connectivity index (χ1) is 19.6. The minimum atomic E-state index is -0.209. The summed E-state index contributed by atoms with van der Waals surface area (Å²) in [7, 11) is 0. The van der Waals surface area contributed by atoms with Crippen molar-refractivity contribution in [2.75, 3.05) is 6.54 Å². The Morgan fingerprint density at radius 3 is 2.70 bits per heavy atom. The van der Waals surface area contributed by atoms with Gasteiger partial charge < -0.3 is 4.90 Å². The molecule has 2 aromatic carbocycles. The maximum absolute atomic E-state index is 13.3. The summed E-state index contributed by atoms with van der Waals surface area (Å²) in [6.07, 6.45) is 4.26. The van der Waals surface area contributed by atoms with Crippen LogP contribution < -0.4 is 0 Å². The lowest BCUT2D eigenvalue weighted by Gasteiger charge is -2.20. The van der Waals surface area contributed by atoms with E-state index in [1.165, 1.54) is 23.1 Å². The topological polar surface area (TPSA) is 101 Å². The summed E-state index contributed by atoms with van der Waals surface area (Å²) < 4.78 is 2.01. The van der Waals surface area contributed by atoms with Crippen LogP contribution in [0.4, 0.5) is 0 Å². The molecule has 0 fully saturated rings. The van der Waals surface area contributed by atoms with Crippen molar-refractivity contribution in [3.8, 4) is 11.8 Å². The van der Waals surface area contributed by atoms with Gasteiger partial charge in [0.2, 0.25) is 0 Å². The van der Waals surface area contributed by atoms with Gasteiger partial charge >= 0.3 is 0 Å². The summed E-state index contributed by atoms with van der Waals surface area (Å²) in [4.78, 5) is 23.7. The second-order valence-corrected chi connectivity index (χ2v) is 11.1. The lowest BCUT2D eigenvalue weighted by molar-refractivity contribution is 0.0741. The van der Waals surface area contributed by atoms with Crippen LogP contribution in [0.3, 0.4) is 0 Å². The quantitative estimate of drug-likeness (QED) is 0.170. The SMILES string of the molecule is N#CCCN(Cc1cccnc1)C(=O)c1csc(CSc2nnc(Cc3ccccc3)n2-c2cccc(Cl)c2)n1. The molecular formula is C29H24ClN7OS2. The molecule has 0 N–H and O–H groups in total. The molecule has 0 spiro atoms. The predicted octanol–water partition coefficient (Wildman–Crippen LogP) is 6.21. The average molecular weight is 586 g/mol. The summed E-state index contributed by atoms with van der Waals surface area (Å²) in [6.45, 7) is 0.682. The van der Waals surface area contributed by atoms with Crippen LogP contribution in [-0.4, -0.2) is 42.1 Å². The van der Waals surface area contributed by atoms with Crippen LogP contribution in [0.15, 0.2) is 89.7 Å². The number of thioether (sulfide) groups is 1. The Morgan fingerprint density at radius 2 is 1.93 bits per heavy atom. The number of pyridine rings is 1. The second-order valence-electron chi connectivity index (χ2n) is 8.79. The molecule has 0 saturated carbocycles. The molecule has 0 radical (unpaired) electrons. The second kappa shape index (κ2) is 13.3. The fraction of sp³-hybridized carbons (Fsp3) is 0.172. The first kappa shape index (κ1) is 27.5. The summed E-state index contributed by atoms with van der Waals surface area (Å²) >= 11 is 9.24. The number of amides is 1. The van der Waals surface area contributed by atoms with Gasteiger partial charge in [-0.25, -0.2) is 4.98 Å². The molecular weight excluding hydrogens is 562 g/mol. The minimum absolute atomic E-state index is 0.209. The van der Waals surface area contributed by atoms with Gasteiger partial charge in [-0.15, -0.1) is 21.5 Å². The van der Waals surface area contributed by atoms with E-state index in [1.807, 2.05) is 59.2 Å². The fourth-order valence-electron chi connectivity index (χ4n) is 4.07. The van der Waals surface area contributed by atoms with Crippen LogP contribution in [0.5, 0.6) is 0 Å². The van der Waals surface area contributed by atoms with E-state index in [-0.39, 0.29) is 12.3 Å². The highest BCUT2D eigenvalue weighted by Crippen LogP contribution is 2.28. The number of hydrogen-bond donors (Lipinski definition) is 0. The van der Waals surface area contributed by atoms with Gasteiger partial charge in [0.15, 0.2) is 5.16 Å². The zero-order valence-corrected chi connectivity index (χ0v) is 23.7. The molecule has 200 valence electrons. The summed E-state index contributed by atoms with van der Waals surface area (Å²) in [5.41, 5.74) is 3.27. The van der Waals surface area contributed by atoms with Gasteiger partial charge in [0.1, 0.15) is 16.5 Å². The zero-order chi connectivity index (χ0) is 27.7. The number of thiazole rings is 1. The Bertz CT molecular complexity index is 1620. The van der Waals surface area contributed by atoms with Crippen LogP contribution in [0.1, 0.15) is 38.9 Å². The normalized spacial score (nSPS) is 10.8. The van der Waals surface area contributed by atoms with E-state index in [0.29, 0.717) is 41.1 Å². The first-order valence-electron chi connectivity index (χ1n) is 12.5. The number of carbonyl (C=O) groups is 1. The third-order valence-corrected chi connectivity index (χ3v) is 8.15. The molecule has 3 heterocycles. The molecule has 5 rings (SSSR count). The summed E-state index contributed by atoms with van der Waals surface area (Å²) in [5.74, 6) is 1.11. The van der Waals surface area contributed by atoms with Crippen molar-refractivity contribution in [2.45, 2.75) is 30.3 Å². The van der Waals surface area contributed by atoms with Gasteiger partial charge in [-0.2, -0.15) is 5.26 Å². The van der Waals surface area contributed by atoms with E-state index in [4.69, 9.17) is 16.9 Å². The molecule has 11 heteroatoms. The number of rotatable bonds is 11. The minimum Gasteiger partial charge on any atom is -0.332 e. The van der Waals surface area contributed by atoms with E-state index in [0.717, 1.165) is 27.6 Å². The standard InChI is InChI=1S/C29H24ClN7OS2/c30-23-10-4-11-24(16-23)37-26(15-21-7-2-1-3-8-21)34-35-29(37)40-20-27-33-25(19-39-27)28(38)36(14-6-12-31)18-22-9-5-13-32-17-22/h1-5,7-11,13,16-17,19H,6,14-15,18,20H2. The predicted molar refractivity (Wildman–Crippen MR) is 156 cm³/mol. The Morgan fingerprint density at radius 1 is 1.07 bits per heavy atom. The van der Waals surface area contributed by atoms with Crippen molar-refractivity contribution in [3.05, 3.63) is 117 Å². The Kier molecular flexibility index (Phi) is 9.18. The molecule has 8 nitrogen and oxygen atoms in total. The van der Waals surface area contributed by atoms with E-state index < -0.39 is 0 Å². The smallest absolute Gasteiger partial charge is 0.273 e. The number of hydrogen-bond acceptors (Lipinski definition) is 8. The van der Waals surface area contributed by atoms with Crippen molar-refractivity contribution in [2.24, 2.45) is 0 Å². The van der Waals surface area contributed by atoms with Crippen LogP contribution in [-0.2, 0) is 18.7 Å². The van der Waals surface area contributed by atoms with Gasteiger partial charge in [0, 0.05) is 42.3 Å². The molecule has 5 aromatic rings. The molecule has 0 aliphatic carbocycles. The number of nitrogens with zero attached hydrogens (tertiary/aromatic N) is 7. The van der Waals surface area contributed by atoms with Crippen LogP contribution in [0.25, 0.3) is 5.69 Å². The van der Waals surface area contributed by atoms with E-state index >= 15 is 0 Å². The largest absolute Gasteiger partial charge is 0.332 e. The highest BCUT2D eigenvalue weighted by molar-refractivity contribution is 7.98. The van der Waals surface area contributed by atoms with E-state index in [1.54, 1.807) is 22.7 Å². The molecule has 0 atom stereocenters. The molecule has 0 bridgehead atoms. The average Bonchev–Trinajstić information content (AvgIpc) is 3.62. The fourth-order valence-corrected chi connectivity index (χ4v) is 6.02. The van der Waals surface area contributed by atoms with Crippen LogP contribution in [0, 0.1) is 11.3 Å². The highest BCUT2D eigenvalue weighted by atomic mass is 35.5. The van der Waals surface area contributed by atoms with Gasteiger partial charge in [0.05, 0.1) is 23.9 Å². The third kappa shape index (κ3) is 6.93. The Hall–Kier alpha value is -4.04. The van der Waals surface area contributed by atoms with Crippen LogP contribution in [0.2, 0.25) is 5.02 Å². The van der Waals surface area contributed by atoms with Crippen molar-refractivity contribution in [1.82, 2.24) is 29.6 Å². The number of benzene rings is 2. The maximum atomic E-state index is 13.3. The van der Waals surface area contributed by atoms with Gasteiger partial charge in [0.25, 0.3) is 5.91 Å². The van der Waals surface area contributed by atoms with Crippen molar-refractivity contribution in [1.29, 1.82) is 5.26 Å².